The number of nitrogens with one attached hydrogen (secondary N) is 1. The number of hydrogen-bond donors (Lipinski definition) is 2. The molecule has 0 saturated carbocycles. The number of nitrogen functional groups attached to an aromatic ring is 1. The van der Waals surface area contributed by atoms with Crippen LogP contribution in [0.4, 0.5) is 11.4 Å². The van der Waals surface area contributed by atoms with Gasteiger partial charge in [-0.25, -0.2) is 8.42 Å². The quantitative estimate of drug-likeness (QED) is 0.846. The Kier molecular flexibility index (Phi) is 4.16. The molecular weight excluding hydrogens is 308 g/mol. The summed E-state index contributed by atoms with van der Waals surface area (Å²) in [6.45, 7) is 5.28. The summed E-state index contributed by atoms with van der Waals surface area (Å²) in [6, 6.07) is 8.55. The largest absolute Gasteiger partial charge is 0.398 e. The van der Waals surface area contributed by atoms with E-state index in [0.717, 1.165) is 11.1 Å². The number of anilines is 2. The van der Waals surface area contributed by atoms with Gasteiger partial charge in [0.05, 0.1) is 15.6 Å². The van der Waals surface area contributed by atoms with Crippen molar-refractivity contribution in [2.75, 3.05) is 10.5 Å². The summed E-state index contributed by atoms with van der Waals surface area (Å²) in [7, 11) is -3.75. The molecule has 0 fully saturated rings. The van der Waals surface area contributed by atoms with Gasteiger partial charge in [0, 0.05) is 5.69 Å². The van der Waals surface area contributed by atoms with E-state index in [9.17, 15) is 8.42 Å². The maximum atomic E-state index is 12.6. The lowest BCUT2D eigenvalue weighted by Gasteiger charge is -2.15. The molecule has 0 unspecified atom stereocenters. The van der Waals surface area contributed by atoms with Crippen molar-refractivity contribution in [2.24, 2.45) is 0 Å². The molecule has 112 valence electrons. The molecule has 0 aliphatic rings. The number of halogens is 1. The van der Waals surface area contributed by atoms with E-state index in [4.69, 9.17) is 17.3 Å². The normalized spacial score (nSPS) is 11.4. The second kappa shape index (κ2) is 5.58. The Bertz CT molecular complexity index is 781. The second-order valence-electron chi connectivity index (χ2n) is 5.01. The van der Waals surface area contributed by atoms with Crippen LogP contribution in [0.25, 0.3) is 0 Å². The second-order valence-corrected chi connectivity index (χ2v) is 7.07. The van der Waals surface area contributed by atoms with Gasteiger partial charge in [-0.2, -0.15) is 0 Å². The summed E-state index contributed by atoms with van der Waals surface area (Å²) in [5.41, 5.74) is 8.76. The molecule has 0 heterocycles. The van der Waals surface area contributed by atoms with Crippen LogP contribution >= 0.6 is 11.6 Å². The topological polar surface area (TPSA) is 72.2 Å². The maximum absolute atomic E-state index is 12.6. The number of benzene rings is 2. The van der Waals surface area contributed by atoms with Crippen molar-refractivity contribution in [3.63, 3.8) is 0 Å². The molecule has 0 radical (unpaired) electrons. The molecule has 0 aliphatic heterocycles. The van der Waals surface area contributed by atoms with Crippen LogP contribution in [0.2, 0.25) is 5.02 Å². The molecule has 0 aromatic heterocycles. The average Bonchev–Trinajstić information content (AvgIpc) is 2.38. The number of hydrogen-bond acceptors (Lipinski definition) is 3. The molecule has 0 aliphatic carbocycles. The van der Waals surface area contributed by atoms with Crippen LogP contribution in [-0.4, -0.2) is 8.42 Å². The van der Waals surface area contributed by atoms with Crippen LogP contribution in [0.15, 0.2) is 35.2 Å². The van der Waals surface area contributed by atoms with Crippen LogP contribution in [0.3, 0.4) is 0 Å². The summed E-state index contributed by atoms with van der Waals surface area (Å²) >= 11 is 6.07. The Morgan fingerprint density at radius 1 is 1.14 bits per heavy atom. The number of sulfonamides is 1. The lowest BCUT2D eigenvalue weighted by molar-refractivity contribution is 0.600. The van der Waals surface area contributed by atoms with Gasteiger partial charge in [-0.05, 0) is 55.7 Å². The Hall–Kier alpha value is -1.72. The molecule has 0 bridgehead atoms. The molecular formula is C15H17ClN2O2S. The highest BCUT2D eigenvalue weighted by Crippen LogP contribution is 2.30. The summed E-state index contributed by atoms with van der Waals surface area (Å²) in [4.78, 5) is 0.166. The summed E-state index contributed by atoms with van der Waals surface area (Å²) < 4.78 is 27.8. The summed E-state index contributed by atoms with van der Waals surface area (Å²) in [5.74, 6) is 0. The van der Waals surface area contributed by atoms with E-state index in [2.05, 4.69) is 4.72 Å². The SMILES string of the molecule is Cc1cc(N)c(C)c(S(=O)(=O)Nc2c(C)cccc2Cl)c1. The Labute approximate surface area is 130 Å². The van der Waals surface area contributed by atoms with Crippen molar-refractivity contribution < 1.29 is 8.42 Å². The molecule has 0 amide bonds. The van der Waals surface area contributed by atoms with E-state index >= 15 is 0 Å². The van der Waals surface area contributed by atoms with Crippen molar-refractivity contribution in [2.45, 2.75) is 25.7 Å². The third kappa shape index (κ3) is 3.14. The highest BCUT2D eigenvalue weighted by molar-refractivity contribution is 7.92. The molecule has 2 aromatic rings. The minimum Gasteiger partial charge on any atom is -0.398 e. The number of rotatable bonds is 3. The standard InChI is InChI=1S/C15H17ClN2O2S/c1-9-7-13(17)11(3)14(8-9)21(19,20)18-15-10(2)5-4-6-12(15)16/h4-8,18H,17H2,1-3H3. The molecule has 0 saturated heterocycles. The van der Waals surface area contributed by atoms with Gasteiger partial charge in [0.1, 0.15) is 0 Å². The first kappa shape index (κ1) is 15.7. The zero-order chi connectivity index (χ0) is 15.8. The molecule has 2 rings (SSSR count). The third-order valence-corrected chi connectivity index (χ3v) is 5.08. The third-order valence-electron chi connectivity index (χ3n) is 3.29. The fourth-order valence-corrected chi connectivity index (χ4v) is 3.92. The van der Waals surface area contributed by atoms with Crippen molar-refractivity contribution in [1.29, 1.82) is 0 Å². The highest BCUT2D eigenvalue weighted by atomic mass is 35.5. The van der Waals surface area contributed by atoms with Gasteiger partial charge in [0.2, 0.25) is 0 Å². The van der Waals surface area contributed by atoms with Crippen LogP contribution < -0.4 is 10.5 Å². The minimum absolute atomic E-state index is 0.166. The first-order valence-electron chi connectivity index (χ1n) is 6.37. The van der Waals surface area contributed by atoms with Crippen LogP contribution in [0.5, 0.6) is 0 Å². The molecule has 2 aromatic carbocycles. The molecule has 6 heteroatoms. The first-order valence-corrected chi connectivity index (χ1v) is 8.23. The van der Waals surface area contributed by atoms with E-state index in [1.54, 1.807) is 51.1 Å². The Balaban J connectivity index is 2.54. The molecule has 0 spiro atoms. The summed E-state index contributed by atoms with van der Waals surface area (Å²) in [5, 5.41) is 0.358. The molecule has 0 atom stereocenters. The zero-order valence-corrected chi connectivity index (χ0v) is 13.6. The van der Waals surface area contributed by atoms with Gasteiger partial charge in [-0.3, -0.25) is 4.72 Å². The van der Waals surface area contributed by atoms with Crippen LogP contribution in [0, 0.1) is 20.8 Å². The van der Waals surface area contributed by atoms with Gasteiger partial charge in [0.25, 0.3) is 10.0 Å². The lowest BCUT2D eigenvalue weighted by atomic mass is 10.1. The van der Waals surface area contributed by atoms with Crippen molar-refractivity contribution in [3.05, 3.63) is 52.0 Å². The minimum atomic E-state index is -3.75. The fourth-order valence-electron chi connectivity index (χ4n) is 2.08. The summed E-state index contributed by atoms with van der Waals surface area (Å²) in [6.07, 6.45) is 0. The Morgan fingerprint density at radius 2 is 1.81 bits per heavy atom. The number of para-hydroxylation sites is 1. The van der Waals surface area contributed by atoms with Crippen LogP contribution in [-0.2, 0) is 10.0 Å². The van der Waals surface area contributed by atoms with E-state index < -0.39 is 10.0 Å². The van der Waals surface area contributed by atoms with Crippen molar-refractivity contribution >= 4 is 33.0 Å². The van der Waals surface area contributed by atoms with Gasteiger partial charge in [-0.15, -0.1) is 0 Å². The van der Waals surface area contributed by atoms with E-state index in [1.807, 2.05) is 0 Å². The predicted molar refractivity (Wildman–Crippen MR) is 87.3 cm³/mol. The highest BCUT2D eigenvalue weighted by Gasteiger charge is 2.20. The van der Waals surface area contributed by atoms with Crippen molar-refractivity contribution in [1.82, 2.24) is 0 Å². The Morgan fingerprint density at radius 3 is 2.43 bits per heavy atom. The zero-order valence-electron chi connectivity index (χ0n) is 12.1. The molecule has 3 N–H and O–H groups in total. The van der Waals surface area contributed by atoms with Crippen LogP contribution in [0.1, 0.15) is 16.7 Å². The fraction of sp³-hybridized carbons (Fsp3) is 0.200. The first-order chi connectivity index (χ1) is 9.72. The number of nitrogens with two attached hydrogens (primary N) is 1. The maximum Gasteiger partial charge on any atom is 0.262 e. The van der Waals surface area contributed by atoms with Gasteiger partial charge in [-0.1, -0.05) is 23.7 Å². The monoisotopic (exact) mass is 324 g/mol. The van der Waals surface area contributed by atoms with E-state index in [0.29, 0.717) is 22.0 Å². The van der Waals surface area contributed by atoms with Gasteiger partial charge < -0.3 is 5.73 Å². The predicted octanol–water partition coefficient (Wildman–Crippen LogP) is 3.65. The lowest BCUT2D eigenvalue weighted by Crippen LogP contribution is -2.16. The van der Waals surface area contributed by atoms with Crippen molar-refractivity contribution in [3.8, 4) is 0 Å². The average molecular weight is 325 g/mol. The number of aryl methyl sites for hydroxylation is 2. The smallest absolute Gasteiger partial charge is 0.262 e. The van der Waals surface area contributed by atoms with Gasteiger partial charge >= 0.3 is 0 Å². The van der Waals surface area contributed by atoms with Gasteiger partial charge in [0.15, 0.2) is 0 Å². The molecule has 21 heavy (non-hydrogen) atoms. The van der Waals surface area contributed by atoms with E-state index in [-0.39, 0.29) is 4.90 Å². The molecule has 4 nitrogen and oxygen atoms in total. The van der Waals surface area contributed by atoms with E-state index in [1.165, 1.54) is 0 Å².